The van der Waals surface area contributed by atoms with Crippen molar-refractivity contribution < 1.29 is 9.47 Å². The van der Waals surface area contributed by atoms with Crippen molar-refractivity contribution in [3.05, 3.63) is 28.2 Å². The first kappa shape index (κ1) is 13.8. The first-order chi connectivity index (χ1) is 8.66. The summed E-state index contributed by atoms with van der Waals surface area (Å²) in [6.07, 6.45) is 2.19. The third-order valence-electron chi connectivity index (χ3n) is 3.30. The van der Waals surface area contributed by atoms with E-state index in [0.717, 1.165) is 48.4 Å². The zero-order valence-electron chi connectivity index (χ0n) is 10.7. The summed E-state index contributed by atoms with van der Waals surface area (Å²) < 4.78 is 12.2. The fraction of sp³-hybridized carbons (Fsp3) is 0.571. The molecule has 0 spiro atoms. The molecule has 2 rings (SSSR count). The molecule has 1 saturated heterocycles. The number of hydrogen-bond acceptors (Lipinski definition) is 3. The van der Waals surface area contributed by atoms with Gasteiger partial charge in [0.15, 0.2) is 0 Å². The van der Waals surface area contributed by atoms with Crippen molar-refractivity contribution in [1.82, 2.24) is 0 Å². The third-order valence-corrected chi connectivity index (χ3v) is 3.92. The zero-order valence-corrected chi connectivity index (χ0v) is 12.3. The smallest absolute Gasteiger partial charge is 0.133 e. The van der Waals surface area contributed by atoms with Gasteiger partial charge in [0.25, 0.3) is 0 Å². The molecule has 1 aromatic rings. The minimum atomic E-state index is 0.0471. The first-order valence-electron chi connectivity index (χ1n) is 6.42. The SMILES string of the molecule is C[C@H](N)c1ccc(OCC2CCOCC2)c(Br)c1. The highest BCUT2D eigenvalue weighted by molar-refractivity contribution is 9.10. The van der Waals surface area contributed by atoms with E-state index in [0.29, 0.717) is 5.92 Å². The van der Waals surface area contributed by atoms with Crippen LogP contribution in [0.5, 0.6) is 5.75 Å². The lowest BCUT2D eigenvalue weighted by Gasteiger charge is -2.22. The van der Waals surface area contributed by atoms with Crippen LogP contribution in [0.4, 0.5) is 0 Å². The Labute approximate surface area is 117 Å². The molecule has 1 aromatic carbocycles. The molecular weight excluding hydrogens is 294 g/mol. The van der Waals surface area contributed by atoms with Crippen LogP contribution in [0.2, 0.25) is 0 Å². The van der Waals surface area contributed by atoms with Gasteiger partial charge in [0.1, 0.15) is 5.75 Å². The maximum absolute atomic E-state index is 5.87. The van der Waals surface area contributed by atoms with Crippen LogP contribution in [0.1, 0.15) is 31.4 Å². The average Bonchev–Trinajstić information content (AvgIpc) is 2.38. The lowest BCUT2D eigenvalue weighted by atomic mass is 10.0. The zero-order chi connectivity index (χ0) is 13.0. The number of halogens is 1. The Morgan fingerprint density at radius 3 is 2.78 bits per heavy atom. The highest BCUT2D eigenvalue weighted by Gasteiger charge is 2.15. The van der Waals surface area contributed by atoms with E-state index in [2.05, 4.69) is 15.9 Å². The number of hydrogen-bond donors (Lipinski definition) is 1. The van der Waals surface area contributed by atoms with Gasteiger partial charge < -0.3 is 15.2 Å². The van der Waals surface area contributed by atoms with Crippen molar-refractivity contribution in [2.45, 2.75) is 25.8 Å². The van der Waals surface area contributed by atoms with Crippen LogP contribution in [0.15, 0.2) is 22.7 Å². The first-order valence-corrected chi connectivity index (χ1v) is 7.21. The van der Waals surface area contributed by atoms with Gasteiger partial charge in [-0.25, -0.2) is 0 Å². The third kappa shape index (κ3) is 3.70. The number of nitrogens with two attached hydrogens (primary N) is 1. The quantitative estimate of drug-likeness (QED) is 0.927. The molecule has 0 saturated carbocycles. The Kier molecular flexibility index (Phi) is 5.03. The van der Waals surface area contributed by atoms with Crippen LogP contribution >= 0.6 is 15.9 Å². The maximum Gasteiger partial charge on any atom is 0.133 e. The summed E-state index contributed by atoms with van der Waals surface area (Å²) in [5.74, 6) is 1.50. The fourth-order valence-corrected chi connectivity index (χ4v) is 2.55. The Balaban J connectivity index is 1.92. The van der Waals surface area contributed by atoms with Gasteiger partial charge in [0, 0.05) is 19.3 Å². The van der Waals surface area contributed by atoms with E-state index in [1.807, 2.05) is 25.1 Å². The molecule has 0 amide bonds. The molecule has 1 heterocycles. The summed E-state index contributed by atoms with van der Waals surface area (Å²) in [6.45, 7) is 4.46. The van der Waals surface area contributed by atoms with Gasteiger partial charge in [-0.15, -0.1) is 0 Å². The van der Waals surface area contributed by atoms with Crippen LogP contribution in [-0.2, 0) is 4.74 Å². The molecule has 18 heavy (non-hydrogen) atoms. The van der Waals surface area contributed by atoms with E-state index in [9.17, 15) is 0 Å². The average molecular weight is 314 g/mol. The molecule has 0 aliphatic carbocycles. The van der Waals surface area contributed by atoms with E-state index in [1.165, 1.54) is 0 Å². The monoisotopic (exact) mass is 313 g/mol. The minimum absolute atomic E-state index is 0.0471. The van der Waals surface area contributed by atoms with Crippen LogP contribution in [0.25, 0.3) is 0 Å². The van der Waals surface area contributed by atoms with Gasteiger partial charge in [0.05, 0.1) is 11.1 Å². The predicted molar refractivity (Wildman–Crippen MR) is 75.8 cm³/mol. The molecule has 1 fully saturated rings. The molecule has 2 N–H and O–H groups in total. The maximum atomic E-state index is 5.87. The Bertz CT molecular complexity index is 389. The van der Waals surface area contributed by atoms with Crippen LogP contribution in [0, 0.1) is 5.92 Å². The second-order valence-electron chi connectivity index (χ2n) is 4.85. The highest BCUT2D eigenvalue weighted by Crippen LogP contribution is 2.28. The van der Waals surface area contributed by atoms with E-state index in [4.69, 9.17) is 15.2 Å². The second-order valence-corrected chi connectivity index (χ2v) is 5.70. The van der Waals surface area contributed by atoms with Gasteiger partial charge in [-0.2, -0.15) is 0 Å². The van der Waals surface area contributed by atoms with Crippen LogP contribution < -0.4 is 10.5 Å². The van der Waals surface area contributed by atoms with Crippen LogP contribution in [-0.4, -0.2) is 19.8 Å². The van der Waals surface area contributed by atoms with E-state index in [1.54, 1.807) is 0 Å². The highest BCUT2D eigenvalue weighted by atomic mass is 79.9. The molecule has 1 atom stereocenters. The largest absolute Gasteiger partial charge is 0.492 e. The molecule has 3 nitrogen and oxygen atoms in total. The molecule has 1 aliphatic heterocycles. The van der Waals surface area contributed by atoms with Gasteiger partial charge >= 0.3 is 0 Å². The summed E-state index contributed by atoms with van der Waals surface area (Å²) in [4.78, 5) is 0. The lowest BCUT2D eigenvalue weighted by molar-refractivity contribution is 0.0496. The normalized spacial score (nSPS) is 18.6. The molecule has 0 bridgehead atoms. The van der Waals surface area contributed by atoms with Crippen molar-refractivity contribution in [3.8, 4) is 5.75 Å². The minimum Gasteiger partial charge on any atom is -0.492 e. The van der Waals surface area contributed by atoms with E-state index < -0.39 is 0 Å². The summed E-state index contributed by atoms with van der Waals surface area (Å²) in [6, 6.07) is 6.09. The molecule has 100 valence electrons. The summed E-state index contributed by atoms with van der Waals surface area (Å²) in [7, 11) is 0. The predicted octanol–water partition coefficient (Wildman–Crippen LogP) is 3.27. The number of benzene rings is 1. The van der Waals surface area contributed by atoms with Gasteiger partial charge in [-0.1, -0.05) is 6.07 Å². The summed E-state index contributed by atoms with van der Waals surface area (Å²) in [5.41, 5.74) is 6.96. The van der Waals surface area contributed by atoms with Crippen molar-refractivity contribution >= 4 is 15.9 Å². The Morgan fingerprint density at radius 1 is 1.44 bits per heavy atom. The van der Waals surface area contributed by atoms with Gasteiger partial charge in [-0.05, 0) is 59.3 Å². The van der Waals surface area contributed by atoms with Crippen molar-refractivity contribution in [2.75, 3.05) is 19.8 Å². The molecule has 0 unspecified atom stereocenters. The molecule has 1 aliphatic rings. The molecule has 0 aromatic heterocycles. The standard InChI is InChI=1S/C14H20BrNO2/c1-10(16)12-2-3-14(13(15)8-12)18-9-11-4-6-17-7-5-11/h2-3,8,10-11H,4-7,9,16H2,1H3/t10-/m0/s1. The molecule has 0 radical (unpaired) electrons. The summed E-state index contributed by atoms with van der Waals surface area (Å²) >= 11 is 3.54. The van der Waals surface area contributed by atoms with Gasteiger partial charge in [-0.3, -0.25) is 0 Å². The van der Waals surface area contributed by atoms with Crippen LogP contribution in [0.3, 0.4) is 0 Å². The van der Waals surface area contributed by atoms with E-state index >= 15 is 0 Å². The topological polar surface area (TPSA) is 44.5 Å². The Morgan fingerprint density at radius 2 is 2.17 bits per heavy atom. The van der Waals surface area contributed by atoms with Gasteiger partial charge in [0.2, 0.25) is 0 Å². The molecule has 4 heteroatoms. The number of rotatable bonds is 4. The fourth-order valence-electron chi connectivity index (χ4n) is 2.04. The van der Waals surface area contributed by atoms with Crippen molar-refractivity contribution in [1.29, 1.82) is 0 Å². The Hall–Kier alpha value is -0.580. The van der Waals surface area contributed by atoms with Crippen molar-refractivity contribution in [3.63, 3.8) is 0 Å². The molecular formula is C14H20BrNO2. The second kappa shape index (κ2) is 6.55. The lowest BCUT2D eigenvalue weighted by Crippen LogP contribution is -2.21. The summed E-state index contributed by atoms with van der Waals surface area (Å²) in [5, 5.41) is 0. The number of ether oxygens (including phenoxy) is 2. The van der Waals surface area contributed by atoms with E-state index in [-0.39, 0.29) is 6.04 Å². The van der Waals surface area contributed by atoms with Crippen molar-refractivity contribution in [2.24, 2.45) is 11.7 Å².